The van der Waals surface area contributed by atoms with Crippen LogP contribution in [0.1, 0.15) is 130 Å². The number of hydrogen-bond acceptors (Lipinski definition) is 4. The zero-order chi connectivity index (χ0) is 26.6. The number of hydrogen-bond donors (Lipinski definition) is 0. The minimum Gasteiger partial charge on any atom is -0.465 e. The van der Waals surface area contributed by atoms with Crippen LogP contribution in [0, 0.1) is 5.41 Å². The summed E-state index contributed by atoms with van der Waals surface area (Å²) in [5, 5.41) is -0.583. The van der Waals surface area contributed by atoms with Gasteiger partial charge in [0.2, 0.25) is 6.10 Å². The summed E-state index contributed by atoms with van der Waals surface area (Å²) >= 11 is 2.72. The van der Waals surface area contributed by atoms with Gasteiger partial charge >= 0.3 is 18.1 Å². The highest BCUT2D eigenvalue weighted by Crippen LogP contribution is 2.33. The van der Waals surface area contributed by atoms with E-state index in [2.05, 4.69) is 27.6 Å². The lowest BCUT2D eigenvalue weighted by molar-refractivity contribution is -0.222. The van der Waals surface area contributed by atoms with Crippen LogP contribution in [-0.4, -0.2) is 36.2 Å². The van der Waals surface area contributed by atoms with Gasteiger partial charge in [-0.2, -0.15) is 13.2 Å². The Hall–Kier alpha value is -0.790. The van der Waals surface area contributed by atoms with E-state index in [0.29, 0.717) is 6.42 Å². The molecule has 0 aromatic carbocycles. The van der Waals surface area contributed by atoms with Crippen LogP contribution in [0.15, 0.2) is 0 Å². The fraction of sp³-hybridized carbons (Fsp3) is 0.926. The van der Waals surface area contributed by atoms with E-state index in [9.17, 15) is 22.8 Å². The van der Waals surface area contributed by atoms with Crippen LogP contribution in [0.2, 0.25) is 0 Å². The maximum Gasteiger partial charge on any atom is 0.426 e. The Kier molecular flexibility index (Phi) is 19.8. The van der Waals surface area contributed by atoms with Gasteiger partial charge in [-0.3, -0.25) is 9.59 Å². The van der Waals surface area contributed by atoms with Crippen molar-refractivity contribution >= 4 is 27.9 Å². The molecule has 35 heavy (non-hydrogen) atoms. The quantitative estimate of drug-likeness (QED) is 0.0561. The first-order valence-corrected chi connectivity index (χ1v) is 14.8. The molecular weight excluding hydrogens is 525 g/mol. The Balaban J connectivity index is 4.03. The Morgan fingerprint density at radius 1 is 0.686 bits per heavy atom. The van der Waals surface area contributed by atoms with E-state index in [-0.39, 0.29) is 19.4 Å². The summed E-state index contributed by atoms with van der Waals surface area (Å²) in [4.78, 5) is 25.1. The summed E-state index contributed by atoms with van der Waals surface area (Å²) in [7, 11) is 0. The molecule has 0 aromatic heterocycles. The monoisotopic (exact) mass is 572 g/mol. The van der Waals surface area contributed by atoms with Crippen molar-refractivity contribution in [2.45, 2.75) is 142 Å². The van der Waals surface area contributed by atoms with Crippen LogP contribution in [0.4, 0.5) is 13.2 Å². The van der Waals surface area contributed by atoms with Gasteiger partial charge in [0, 0.05) is 5.33 Å². The topological polar surface area (TPSA) is 52.6 Å². The van der Waals surface area contributed by atoms with Crippen LogP contribution in [0.25, 0.3) is 0 Å². The number of ether oxygens (including phenoxy) is 2. The molecule has 0 fully saturated rings. The van der Waals surface area contributed by atoms with E-state index >= 15 is 0 Å². The molecule has 4 nitrogen and oxygen atoms in total. The fourth-order valence-electron chi connectivity index (χ4n) is 4.11. The number of carbonyl (C=O) groups is 2. The minimum absolute atomic E-state index is 0.0207. The number of unbranched alkanes of at least 4 members (excludes halogenated alkanes) is 14. The van der Waals surface area contributed by atoms with Crippen molar-refractivity contribution in [3.05, 3.63) is 0 Å². The molecule has 0 saturated carbocycles. The predicted octanol–water partition coefficient (Wildman–Crippen LogP) is 9.08. The molecule has 0 aromatic rings. The van der Waals surface area contributed by atoms with Crippen LogP contribution in [-0.2, 0) is 19.1 Å². The summed E-state index contributed by atoms with van der Waals surface area (Å²) in [5.41, 5.74) is -1.71. The van der Waals surface area contributed by atoms with Gasteiger partial charge in [-0.15, -0.1) is 0 Å². The zero-order valence-corrected chi connectivity index (χ0v) is 23.7. The molecule has 0 rings (SSSR count). The van der Waals surface area contributed by atoms with Crippen molar-refractivity contribution < 1.29 is 32.2 Å². The van der Waals surface area contributed by atoms with Gasteiger partial charge in [0.1, 0.15) is 0 Å². The summed E-state index contributed by atoms with van der Waals surface area (Å²) in [5.74, 6) is -1.97. The number of carbonyl (C=O) groups excluding carboxylic acids is 2. The highest BCUT2D eigenvalue weighted by atomic mass is 79.9. The van der Waals surface area contributed by atoms with Gasteiger partial charge in [0.05, 0.1) is 6.61 Å². The lowest BCUT2D eigenvalue weighted by atomic mass is 9.82. The molecule has 0 N–H and O–H groups in total. The Morgan fingerprint density at radius 3 is 1.43 bits per heavy atom. The van der Waals surface area contributed by atoms with Crippen LogP contribution in [0.3, 0.4) is 0 Å². The first-order valence-electron chi connectivity index (χ1n) is 13.7. The molecule has 1 unspecified atom stereocenters. The Labute approximate surface area is 219 Å². The molecule has 0 aliphatic rings. The Bertz CT molecular complexity index is 551. The molecule has 0 aliphatic carbocycles. The zero-order valence-electron chi connectivity index (χ0n) is 22.2. The van der Waals surface area contributed by atoms with Crippen molar-refractivity contribution in [3.8, 4) is 0 Å². The van der Waals surface area contributed by atoms with Crippen molar-refractivity contribution in [2.75, 3.05) is 11.9 Å². The molecule has 1 atom stereocenters. The van der Waals surface area contributed by atoms with E-state index in [1.54, 1.807) is 13.8 Å². The van der Waals surface area contributed by atoms with Gasteiger partial charge in [0.25, 0.3) is 0 Å². The standard InChI is InChI=1S/C27H48BrF3O4/c1-4-7-8-9-10-11-12-13-14-15-16-17-18-19-20-21-34-24(32)26(5-2,6-3)25(33)35-23(22-28)27(29,30)31/h23H,4-22H2,1-3H3. The van der Waals surface area contributed by atoms with E-state index in [4.69, 9.17) is 4.74 Å². The van der Waals surface area contributed by atoms with Crippen LogP contribution < -0.4 is 0 Å². The average molecular weight is 574 g/mol. The number of esters is 2. The number of rotatable bonds is 22. The molecule has 0 radical (unpaired) electrons. The van der Waals surface area contributed by atoms with Crippen molar-refractivity contribution in [3.63, 3.8) is 0 Å². The molecule has 0 heterocycles. The lowest BCUT2D eigenvalue weighted by Gasteiger charge is -2.29. The SMILES string of the molecule is CCCCCCCCCCCCCCCCCOC(=O)C(CC)(CC)C(=O)OC(CBr)C(F)(F)F. The van der Waals surface area contributed by atoms with Crippen LogP contribution in [0.5, 0.6) is 0 Å². The lowest BCUT2D eigenvalue weighted by Crippen LogP contribution is -2.45. The van der Waals surface area contributed by atoms with Gasteiger partial charge in [-0.05, 0) is 19.3 Å². The number of halogens is 4. The van der Waals surface area contributed by atoms with E-state index < -0.39 is 35.0 Å². The van der Waals surface area contributed by atoms with Crippen LogP contribution >= 0.6 is 15.9 Å². The summed E-state index contributed by atoms with van der Waals surface area (Å²) < 4.78 is 48.9. The first kappa shape index (κ1) is 34.2. The van der Waals surface area contributed by atoms with Gasteiger partial charge in [0.15, 0.2) is 5.41 Å². The van der Waals surface area contributed by atoms with Crippen molar-refractivity contribution in [1.29, 1.82) is 0 Å². The predicted molar refractivity (Wildman–Crippen MR) is 139 cm³/mol. The maximum absolute atomic E-state index is 13.0. The van der Waals surface area contributed by atoms with Gasteiger partial charge < -0.3 is 9.47 Å². The van der Waals surface area contributed by atoms with E-state index in [1.165, 1.54) is 70.6 Å². The second-order valence-corrected chi connectivity index (χ2v) is 10.1. The third-order valence-corrected chi connectivity index (χ3v) is 7.31. The fourth-order valence-corrected chi connectivity index (χ4v) is 4.61. The summed E-state index contributed by atoms with van der Waals surface area (Å²) in [6.45, 7) is 5.56. The molecular formula is C27H48BrF3O4. The average Bonchev–Trinajstić information content (AvgIpc) is 2.82. The minimum atomic E-state index is -4.70. The Morgan fingerprint density at radius 2 is 1.09 bits per heavy atom. The molecule has 0 spiro atoms. The first-order chi connectivity index (χ1) is 16.7. The van der Waals surface area contributed by atoms with E-state index in [1.807, 2.05) is 0 Å². The van der Waals surface area contributed by atoms with E-state index in [0.717, 1.165) is 19.3 Å². The second kappa shape index (κ2) is 20.3. The third kappa shape index (κ3) is 14.5. The molecule has 208 valence electrons. The maximum atomic E-state index is 13.0. The third-order valence-electron chi connectivity index (χ3n) is 6.72. The smallest absolute Gasteiger partial charge is 0.426 e. The largest absolute Gasteiger partial charge is 0.465 e. The highest BCUT2D eigenvalue weighted by Gasteiger charge is 2.50. The summed E-state index contributed by atoms with van der Waals surface area (Å²) in [6, 6.07) is 0. The molecule has 0 saturated heterocycles. The normalized spacial score (nSPS) is 13.0. The van der Waals surface area contributed by atoms with Crippen molar-refractivity contribution in [1.82, 2.24) is 0 Å². The van der Waals surface area contributed by atoms with Crippen molar-refractivity contribution in [2.24, 2.45) is 5.41 Å². The van der Waals surface area contributed by atoms with Gasteiger partial charge in [-0.25, -0.2) is 0 Å². The second-order valence-electron chi connectivity index (χ2n) is 9.46. The molecule has 8 heteroatoms. The molecule has 0 amide bonds. The summed E-state index contributed by atoms with van der Waals surface area (Å²) in [6.07, 6.45) is 11.4. The molecule has 0 aliphatic heterocycles. The van der Waals surface area contributed by atoms with Gasteiger partial charge in [-0.1, -0.05) is 127 Å². The number of alkyl halides is 4. The molecule has 0 bridgehead atoms. The highest BCUT2D eigenvalue weighted by molar-refractivity contribution is 9.09.